The Hall–Kier alpha value is -2.24. The van der Waals surface area contributed by atoms with Crippen molar-refractivity contribution in [2.24, 2.45) is 22.2 Å². The quantitative estimate of drug-likeness (QED) is 0.550. The molecule has 1 aliphatic rings. The van der Waals surface area contributed by atoms with E-state index < -0.39 is 5.91 Å². The largest absolute Gasteiger partial charge is 0.371 e. The maximum atomic E-state index is 11.7. The average Bonchev–Trinajstić information content (AvgIpc) is 2.45. The van der Waals surface area contributed by atoms with E-state index in [1.165, 1.54) is 6.42 Å². The fourth-order valence-electron chi connectivity index (χ4n) is 2.47. The van der Waals surface area contributed by atoms with Gasteiger partial charge in [-0.15, -0.1) is 0 Å². The molecule has 6 nitrogen and oxygen atoms in total. The van der Waals surface area contributed by atoms with Crippen LogP contribution >= 0.6 is 0 Å². The first-order valence-corrected chi connectivity index (χ1v) is 6.81. The van der Waals surface area contributed by atoms with Gasteiger partial charge >= 0.3 is 0 Å². The first-order chi connectivity index (χ1) is 9.58. The topological polar surface area (TPSA) is 111 Å². The van der Waals surface area contributed by atoms with Gasteiger partial charge in [-0.25, -0.2) is 4.99 Å². The molecular formula is C14H21N5O. The molecule has 0 radical (unpaired) electrons. The fourth-order valence-corrected chi connectivity index (χ4v) is 2.47. The van der Waals surface area contributed by atoms with Gasteiger partial charge in [0.25, 0.3) is 5.91 Å². The number of hydrogen-bond donors (Lipinski definition) is 3. The van der Waals surface area contributed by atoms with Crippen molar-refractivity contribution in [1.82, 2.24) is 0 Å². The van der Waals surface area contributed by atoms with Crippen LogP contribution in [0.4, 0.5) is 5.69 Å². The van der Waals surface area contributed by atoms with Crippen LogP contribution in [-0.2, 0) is 6.54 Å². The molecule has 1 amide bonds. The van der Waals surface area contributed by atoms with Gasteiger partial charge in [-0.05, 0) is 37.0 Å². The Morgan fingerprint density at radius 1 is 1.15 bits per heavy atom. The van der Waals surface area contributed by atoms with E-state index in [4.69, 9.17) is 17.2 Å². The Balaban J connectivity index is 2.27. The van der Waals surface area contributed by atoms with E-state index in [2.05, 4.69) is 9.89 Å². The maximum Gasteiger partial charge on any atom is 0.250 e. The van der Waals surface area contributed by atoms with E-state index in [0.717, 1.165) is 37.2 Å². The number of carbonyl (C=O) groups is 1. The summed E-state index contributed by atoms with van der Waals surface area (Å²) in [5.41, 5.74) is 18.4. The van der Waals surface area contributed by atoms with Crippen LogP contribution in [0.2, 0.25) is 0 Å². The predicted molar refractivity (Wildman–Crippen MR) is 80.5 cm³/mol. The summed E-state index contributed by atoms with van der Waals surface area (Å²) < 4.78 is 0. The summed E-state index contributed by atoms with van der Waals surface area (Å²) in [7, 11) is 0. The predicted octanol–water partition coefficient (Wildman–Crippen LogP) is 0.549. The van der Waals surface area contributed by atoms with Crippen LogP contribution in [-0.4, -0.2) is 25.0 Å². The number of hydrogen-bond acceptors (Lipinski definition) is 3. The van der Waals surface area contributed by atoms with Gasteiger partial charge in [0.05, 0.1) is 12.1 Å². The molecule has 6 heteroatoms. The lowest BCUT2D eigenvalue weighted by Crippen LogP contribution is -2.31. The SMILES string of the molecule is NC(=O)c1cc(CN=C(N)N)ccc1N1CCCCC1. The number of carbonyl (C=O) groups excluding carboxylic acids is 1. The van der Waals surface area contributed by atoms with Crippen molar-refractivity contribution in [3.05, 3.63) is 29.3 Å². The van der Waals surface area contributed by atoms with Gasteiger partial charge in [-0.3, -0.25) is 4.79 Å². The summed E-state index contributed by atoms with van der Waals surface area (Å²) in [5.74, 6) is -0.386. The van der Waals surface area contributed by atoms with Crippen molar-refractivity contribution in [1.29, 1.82) is 0 Å². The third kappa shape index (κ3) is 3.40. The molecule has 1 fully saturated rings. The lowest BCUT2D eigenvalue weighted by Gasteiger charge is -2.30. The second-order valence-corrected chi connectivity index (χ2v) is 5.00. The summed E-state index contributed by atoms with van der Waals surface area (Å²) in [4.78, 5) is 17.8. The standard InChI is InChI=1S/C14H21N5O/c15-13(20)11-8-10(9-18-14(16)17)4-5-12(11)19-6-2-1-3-7-19/h4-5,8H,1-3,6-7,9H2,(H2,15,20)(H4,16,17,18). The highest BCUT2D eigenvalue weighted by Crippen LogP contribution is 2.25. The molecular weight excluding hydrogens is 254 g/mol. The van der Waals surface area contributed by atoms with Crippen molar-refractivity contribution >= 4 is 17.6 Å². The fraction of sp³-hybridized carbons (Fsp3) is 0.429. The molecule has 0 atom stereocenters. The minimum absolute atomic E-state index is 0.0331. The second kappa shape index (κ2) is 6.27. The molecule has 0 spiro atoms. The van der Waals surface area contributed by atoms with Gasteiger partial charge in [0.2, 0.25) is 0 Å². The molecule has 6 N–H and O–H groups in total. The highest BCUT2D eigenvalue weighted by molar-refractivity contribution is 5.99. The molecule has 0 aliphatic carbocycles. The Bertz CT molecular complexity index is 516. The molecule has 0 saturated carbocycles. The molecule has 108 valence electrons. The summed E-state index contributed by atoms with van der Waals surface area (Å²) in [5, 5.41) is 0. The first kappa shape index (κ1) is 14.2. The van der Waals surface area contributed by atoms with Gasteiger partial charge in [0, 0.05) is 18.8 Å². The molecule has 2 rings (SSSR count). The van der Waals surface area contributed by atoms with Gasteiger partial charge in [-0.1, -0.05) is 6.07 Å². The molecule has 20 heavy (non-hydrogen) atoms. The number of nitrogens with two attached hydrogens (primary N) is 3. The van der Waals surface area contributed by atoms with E-state index in [9.17, 15) is 4.79 Å². The zero-order valence-electron chi connectivity index (χ0n) is 11.5. The van der Waals surface area contributed by atoms with Crippen molar-refractivity contribution in [2.45, 2.75) is 25.8 Å². The molecule has 1 aliphatic heterocycles. The number of benzene rings is 1. The smallest absolute Gasteiger partial charge is 0.250 e. The van der Waals surface area contributed by atoms with Crippen molar-refractivity contribution < 1.29 is 4.79 Å². The zero-order chi connectivity index (χ0) is 14.5. The lowest BCUT2D eigenvalue weighted by atomic mass is 10.0. The highest BCUT2D eigenvalue weighted by atomic mass is 16.1. The summed E-state index contributed by atoms with van der Waals surface area (Å²) in [6.45, 7) is 2.28. The Morgan fingerprint density at radius 2 is 1.85 bits per heavy atom. The molecule has 1 aromatic rings. The highest BCUT2D eigenvalue weighted by Gasteiger charge is 2.17. The Morgan fingerprint density at radius 3 is 2.45 bits per heavy atom. The minimum atomic E-state index is -0.419. The number of rotatable bonds is 4. The number of guanidine groups is 1. The van der Waals surface area contributed by atoms with Crippen LogP contribution in [0.1, 0.15) is 35.2 Å². The number of anilines is 1. The van der Waals surface area contributed by atoms with E-state index in [1.54, 1.807) is 6.07 Å². The van der Waals surface area contributed by atoms with Gasteiger partial charge < -0.3 is 22.1 Å². The van der Waals surface area contributed by atoms with E-state index in [-0.39, 0.29) is 5.96 Å². The molecule has 0 aromatic heterocycles. The van der Waals surface area contributed by atoms with Crippen LogP contribution in [0, 0.1) is 0 Å². The minimum Gasteiger partial charge on any atom is -0.371 e. The van der Waals surface area contributed by atoms with Crippen LogP contribution in [0.5, 0.6) is 0 Å². The van der Waals surface area contributed by atoms with E-state index in [0.29, 0.717) is 12.1 Å². The van der Waals surface area contributed by atoms with Gasteiger partial charge in [0.15, 0.2) is 5.96 Å². The molecule has 0 unspecified atom stereocenters. The molecule has 1 heterocycles. The number of aliphatic imine (C=N–C) groups is 1. The third-order valence-corrected chi connectivity index (χ3v) is 3.47. The maximum absolute atomic E-state index is 11.7. The molecule has 1 aromatic carbocycles. The van der Waals surface area contributed by atoms with E-state index in [1.807, 2.05) is 12.1 Å². The molecule has 0 bridgehead atoms. The average molecular weight is 275 g/mol. The second-order valence-electron chi connectivity index (χ2n) is 5.00. The molecule has 1 saturated heterocycles. The van der Waals surface area contributed by atoms with Crippen LogP contribution in [0.25, 0.3) is 0 Å². The van der Waals surface area contributed by atoms with Crippen LogP contribution < -0.4 is 22.1 Å². The number of amides is 1. The number of piperidine rings is 1. The summed E-state index contributed by atoms with van der Waals surface area (Å²) >= 11 is 0. The van der Waals surface area contributed by atoms with Crippen molar-refractivity contribution in [3.63, 3.8) is 0 Å². The number of nitrogens with zero attached hydrogens (tertiary/aromatic N) is 2. The number of primary amides is 1. The van der Waals surface area contributed by atoms with Crippen molar-refractivity contribution in [2.75, 3.05) is 18.0 Å². The Kier molecular flexibility index (Phi) is 4.45. The van der Waals surface area contributed by atoms with E-state index >= 15 is 0 Å². The van der Waals surface area contributed by atoms with Crippen LogP contribution in [0.15, 0.2) is 23.2 Å². The third-order valence-electron chi connectivity index (χ3n) is 3.47. The Labute approximate surface area is 118 Å². The summed E-state index contributed by atoms with van der Waals surface area (Å²) in [6.07, 6.45) is 3.53. The summed E-state index contributed by atoms with van der Waals surface area (Å²) in [6, 6.07) is 5.64. The monoisotopic (exact) mass is 275 g/mol. The lowest BCUT2D eigenvalue weighted by molar-refractivity contribution is 0.100. The van der Waals surface area contributed by atoms with Gasteiger partial charge in [0.1, 0.15) is 0 Å². The van der Waals surface area contributed by atoms with Crippen molar-refractivity contribution in [3.8, 4) is 0 Å². The first-order valence-electron chi connectivity index (χ1n) is 6.81. The normalized spacial score (nSPS) is 14.9. The van der Waals surface area contributed by atoms with Crippen LogP contribution in [0.3, 0.4) is 0 Å². The zero-order valence-corrected chi connectivity index (χ0v) is 11.5. The van der Waals surface area contributed by atoms with Gasteiger partial charge in [-0.2, -0.15) is 0 Å².